The largest absolute Gasteiger partial charge is 0.493 e. The summed E-state index contributed by atoms with van der Waals surface area (Å²) < 4.78 is 5.69. The van der Waals surface area contributed by atoms with Crippen molar-refractivity contribution in [2.75, 3.05) is 19.5 Å². The van der Waals surface area contributed by atoms with Gasteiger partial charge in [-0.15, -0.1) is 11.6 Å². The lowest BCUT2D eigenvalue weighted by Crippen LogP contribution is -2.26. The fourth-order valence-corrected chi connectivity index (χ4v) is 1.87. The number of ether oxygens (including phenoxy) is 1. The van der Waals surface area contributed by atoms with Crippen LogP contribution in [0.5, 0.6) is 5.75 Å². The van der Waals surface area contributed by atoms with Crippen LogP contribution >= 0.6 is 11.6 Å². The van der Waals surface area contributed by atoms with Gasteiger partial charge in [-0.05, 0) is 18.9 Å². The lowest BCUT2D eigenvalue weighted by Gasteiger charge is -2.19. The minimum atomic E-state index is 0.117. The van der Waals surface area contributed by atoms with Gasteiger partial charge in [-0.2, -0.15) is 0 Å². The summed E-state index contributed by atoms with van der Waals surface area (Å²) in [5, 5.41) is 0. The van der Waals surface area contributed by atoms with Gasteiger partial charge in [0.1, 0.15) is 5.75 Å². The fraction of sp³-hybridized carbons (Fsp3) is 0.533. The minimum absolute atomic E-state index is 0.117. The number of rotatable bonds is 8. The quantitative estimate of drug-likeness (QED) is 0.684. The maximum Gasteiger partial charge on any atom is 0.222 e. The van der Waals surface area contributed by atoms with Gasteiger partial charge in [-0.1, -0.05) is 25.1 Å². The average molecular weight is 284 g/mol. The molecule has 1 amide bonds. The van der Waals surface area contributed by atoms with Gasteiger partial charge >= 0.3 is 0 Å². The molecule has 0 radical (unpaired) electrons. The van der Waals surface area contributed by atoms with Crippen molar-refractivity contribution >= 4 is 17.5 Å². The topological polar surface area (TPSA) is 29.5 Å². The van der Waals surface area contributed by atoms with Crippen LogP contribution in [0.3, 0.4) is 0 Å². The van der Waals surface area contributed by atoms with E-state index in [-0.39, 0.29) is 5.91 Å². The highest BCUT2D eigenvalue weighted by Gasteiger charge is 2.11. The van der Waals surface area contributed by atoms with Crippen LogP contribution < -0.4 is 4.74 Å². The molecule has 0 aromatic heterocycles. The molecule has 0 spiro atoms. The van der Waals surface area contributed by atoms with Crippen molar-refractivity contribution in [2.45, 2.75) is 32.7 Å². The number of carbonyl (C=O) groups is 1. The van der Waals surface area contributed by atoms with Crippen LogP contribution in [0.4, 0.5) is 0 Å². The number of carbonyl (C=O) groups excluding carboxylic acids is 1. The minimum Gasteiger partial charge on any atom is -0.493 e. The normalized spacial score (nSPS) is 10.3. The second kappa shape index (κ2) is 8.81. The first-order valence-electron chi connectivity index (χ1n) is 6.69. The van der Waals surface area contributed by atoms with Gasteiger partial charge < -0.3 is 9.64 Å². The van der Waals surface area contributed by atoms with Crippen molar-refractivity contribution < 1.29 is 9.53 Å². The summed E-state index contributed by atoms with van der Waals surface area (Å²) in [6, 6.07) is 7.85. The molecular formula is C15H22ClNO2. The van der Waals surface area contributed by atoms with Crippen LogP contribution in [0.25, 0.3) is 0 Å². The van der Waals surface area contributed by atoms with Gasteiger partial charge in [0.15, 0.2) is 0 Å². The zero-order valence-corrected chi connectivity index (χ0v) is 12.4. The van der Waals surface area contributed by atoms with E-state index < -0.39 is 0 Å². The number of nitrogens with zero attached hydrogens (tertiary/aromatic N) is 1. The molecule has 0 heterocycles. The van der Waals surface area contributed by atoms with Crippen LogP contribution in [0.15, 0.2) is 24.3 Å². The molecule has 4 heteroatoms. The SMILES string of the molecule is CCCOc1ccccc1CN(C)C(=O)CCCCl. The van der Waals surface area contributed by atoms with E-state index >= 15 is 0 Å². The number of amides is 1. The molecule has 106 valence electrons. The van der Waals surface area contributed by atoms with Crippen LogP contribution in [0.2, 0.25) is 0 Å². The van der Waals surface area contributed by atoms with Gasteiger partial charge in [-0.3, -0.25) is 4.79 Å². The monoisotopic (exact) mass is 283 g/mol. The molecule has 0 saturated heterocycles. The summed E-state index contributed by atoms with van der Waals surface area (Å²) in [6.07, 6.45) is 2.19. The van der Waals surface area contributed by atoms with Gasteiger partial charge in [0, 0.05) is 31.5 Å². The molecule has 0 unspecified atom stereocenters. The van der Waals surface area contributed by atoms with E-state index in [0.29, 0.717) is 25.5 Å². The Hall–Kier alpha value is -1.22. The molecule has 0 N–H and O–H groups in total. The Bertz CT molecular complexity index is 395. The molecular weight excluding hydrogens is 262 g/mol. The number of hydrogen-bond acceptors (Lipinski definition) is 2. The van der Waals surface area contributed by atoms with Crippen molar-refractivity contribution in [3.05, 3.63) is 29.8 Å². The predicted octanol–water partition coefficient (Wildman–Crippen LogP) is 3.45. The molecule has 1 aromatic carbocycles. The number of alkyl halides is 1. The molecule has 0 bridgehead atoms. The summed E-state index contributed by atoms with van der Waals surface area (Å²) in [5.74, 6) is 1.50. The van der Waals surface area contributed by atoms with E-state index in [0.717, 1.165) is 24.2 Å². The average Bonchev–Trinajstić information content (AvgIpc) is 2.43. The van der Waals surface area contributed by atoms with Crippen LogP contribution in [0, 0.1) is 0 Å². The molecule has 1 rings (SSSR count). The Morgan fingerprint density at radius 3 is 2.79 bits per heavy atom. The van der Waals surface area contributed by atoms with Gasteiger partial charge in [0.25, 0.3) is 0 Å². The summed E-state index contributed by atoms with van der Waals surface area (Å²) in [6.45, 7) is 3.34. The molecule has 0 aliphatic carbocycles. The van der Waals surface area contributed by atoms with E-state index in [4.69, 9.17) is 16.3 Å². The Morgan fingerprint density at radius 1 is 1.37 bits per heavy atom. The Labute approximate surface area is 120 Å². The molecule has 19 heavy (non-hydrogen) atoms. The number of hydrogen-bond donors (Lipinski definition) is 0. The maximum absolute atomic E-state index is 11.9. The summed E-state index contributed by atoms with van der Waals surface area (Å²) >= 11 is 5.60. The van der Waals surface area contributed by atoms with Crippen molar-refractivity contribution in [1.82, 2.24) is 4.90 Å². The number of para-hydroxylation sites is 1. The molecule has 1 aromatic rings. The molecule has 0 saturated carbocycles. The molecule has 0 aliphatic rings. The van der Waals surface area contributed by atoms with Crippen LogP contribution in [-0.2, 0) is 11.3 Å². The zero-order chi connectivity index (χ0) is 14.1. The summed E-state index contributed by atoms with van der Waals surface area (Å²) in [4.78, 5) is 13.6. The van der Waals surface area contributed by atoms with Crippen molar-refractivity contribution in [3.8, 4) is 5.75 Å². The van der Waals surface area contributed by atoms with E-state index in [1.54, 1.807) is 4.90 Å². The van der Waals surface area contributed by atoms with Crippen LogP contribution in [0.1, 0.15) is 31.7 Å². The van der Waals surface area contributed by atoms with E-state index in [9.17, 15) is 4.79 Å². The second-order valence-electron chi connectivity index (χ2n) is 4.50. The smallest absolute Gasteiger partial charge is 0.222 e. The molecule has 0 fully saturated rings. The van der Waals surface area contributed by atoms with E-state index in [2.05, 4.69) is 6.92 Å². The highest BCUT2D eigenvalue weighted by atomic mass is 35.5. The Balaban J connectivity index is 2.62. The maximum atomic E-state index is 11.9. The van der Waals surface area contributed by atoms with Crippen molar-refractivity contribution in [2.24, 2.45) is 0 Å². The molecule has 0 aliphatic heterocycles. The van der Waals surface area contributed by atoms with E-state index in [1.807, 2.05) is 31.3 Å². The third-order valence-corrected chi connectivity index (χ3v) is 3.06. The Morgan fingerprint density at radius 2 is 2.11 bits per heavy atom. The lowest BCUT2D eigenvalue weighted by atomic mass is 10.2. The van der Waals surface area contributed by atoms with Crippen molar-refractivity contribution in [1.29, 1.82) is 0 Å². The fourth-order valence-electron chi connectivity index (χ4n) is 1.74. The lowest BCUT2D eigenvalue weighted by molar-refractivity contribution is -0.130. The summed E-state index contributed by atoms with van der Waals surface area (Å²) in [5.41, 5.74) is 1.04. The first kappa shape index (κ1) is 15.8. The zero-order valence-electron chi connectivity index (χ0n) is 11.7. The first-order chi connectivity index (χ1) is 9.19. The standard InChI is InChI=1S/C15H22ClNO2/c1-3-11-19-14-8-5-4-7-13(14)12-17(2)15(18)9-6-10-16/h4-5,7-8H,3,6,9-12H2,1-2H3. The molecule has 3 nitrogen and oxygen atoms in total. The van der Waals surface area contributed by atoms with Crippen LogP contribution in [-0.4, -0.2) is 30.3 Å². The predicted molar refractivity (Wildman–Crippen MR) is 78.7 cm³/mol. The first-order valence-corrected chi connectivity index (χ1v) is 7.23. The van der Waals surface area contributed by atoms with Crippen molar-refractivity contribution in [3.63, 3.8) is 0 Å². The van der Waals surface area contributed by atoms with E-state index in [1.165, 1.54) is 0 Å². The third-order valence-electron chi connectivity index (χ3n) is 2.79. The van der Waals surface area contributed by atoms with Gasteiger partial charge in [0.2, 0.25) is 5.91 Å². The molecule has 0 atom stereocenters. The third kappa shape index (κ3) is 5.52. The number of halogens is 1. The highest BCUT2D eigenvalue weighted by molar-refractivity contribution is 6.17. The van der Waals surface area contributed by atoms with Gasteiger partial charge in [0.05, 0.1) is 6.61 Å². The van der Waals surface area contributed by atoms with Gasteiger partial charge in [-0.25, -0.2) is 0 Å². The Kier molecular flexibility index (Phi) is 7.34. The highest BCUT2D eigenvalue weighted by Crippen LogP contribution is 2.20. The second-order valence-corrected chi connectivity index (χ2v) is 4.88. The summed E-state index contributed by atoms with van der Waals surface area (Å²) in [7, 11) is 1.81. The number of benzene rings is 1.